The molecule has 2 aromatic heterocycles. The number of rotatable bonds is 5. The van der Waals surface area contributed by atoms with E-state index in [4.69, 9.17) is 5.84 Å². The van der Waals surface area contributed by atoms with Gasteiger partial charge in [-0.2, -0.15) is 5.10 Å². The van der Waals surface area contributed by atoms with Crippen LogP contribution in [0.4, 0.5) is 11.5 Å². The molecular weight excluding hydrogens is 278 g/mol. The Labute approximate surface area is 128 Å². The van der Waals surface area contributed by atoms with Crippen molar-refractivity contribution in [3.63, 3.8) is 0 Å². The number of aromatic nitrogens is 4. The minimum absolute atomic E-state index is 0.560. The van der Waals surface area contributed by atoms with Gasteiger partial charge in [-0.1, -0.05) is 19.9 Å². The summed E-state index contributed by atoms with van der Waals surface area (Å²) in [6, 6.07) is 8.07. The Hall–Kier alpha value is -2.67. The number of nitrogens with two attached hydrogens (primary N) is 1. The third-order valence-electron chi connectivity index (χ3n) is 3.31. The van der Waals surface area contributed by atoms with E-state index in [1.165, 1.54) is 6.33 Å². The fourth-order valence-electron chi connectivity index (χ4n) is 2.22. The molecule has 0 aliphatic carbocycles. The summed E-state index contributed by atoms with van der Waals surface area (Å²) in [5.41, 5.74) is 5.27. The largest absolute Gasteiger partial charge is 0.385 e. The van der Waals surface area contributed by atoms with Gasteiger partial charge in [-0.3, -0.25) is 0 Å². The van der Waals surface area contributed by atoms with Crippen LogP contribution in [0.5, 0.6) is 0 Å². The summed E-state index contributed by atoms with van der Waals surface area (Å²) >= 11 is 0. The third kappa shape index (κ3) is 2.71. The Morgan fingerprint density at radius 2 is 2.14 bits per heavy atom. The van der Waals surface area contributed by atoms with E-state index in [1.54, 1.807) is 10.9 Å². The second kappa shape index (κ2) is 5.98. The fraction of sp³-hybridized carbons (Fsp3) is 0.267. The van der Waals surface area contributed by atoms with Crippen LogP contribution in [0.1, 0.15) is 13.8 Å². The van der Waals surface area contributed by atoms with Crippen molar-refractivity contribution in [2.24, 2.45) is 11.8 Å². The fourth-order valence-corrected chi connectivity index (χ4v) is 2.22. The summed E-state index contributed by atoms with van der Waals surface area (Å²) in [4.78, 5) is 8.39. The van der Waals surface area contributed by atoms with Crippen molar-refractivity contribution in [1.82, 2.24) is 19.7 Å². The monoisotopic (exact) mass is 297 g/mol. The van der Waals surface area contributed by atoms with Crippen molar-refractivity contribution in [3.8, 4) is 5.69 Å². The smallest absolute Gasteiger partial charge is 0.168 e. The number of hydrazine groups is 1. The van der Waals surface area contributed by atoms with Crippen molar-refractivity contribution in [2.45, 2.75) is 13.8 Å². The molecule has 0 fully saturated rings. The van der Waals surface area contributed by atoms with Gasteiger partial charge in [0.25, 0.3) is 0 Å². The summed E-state index contributed by atoms with van der Waals surface area (Å²) in [5, 5.41) is 8.60. The van der Waals surface area contributed by atoms with Gasteiger partial charge in [0.1, 0.15) is 6.33 Å². The Bertz CT molecular complexity index is 778. The van der Waals surface area contributed by atoms with Crippen molar-refractivity contribution >= 4 is 22.5 Å². The third-order valence-corrected chi connectivity index (χ3v) is 3.31. The maximum absolute atomic E-state index is 5.47. The maximum atomic E-state index is 5.47. The molecule has 0 atom stereocenters. The van der Waals surface area contributed by atoms with E-state index in [0.29, 0.717) is 17.4 Å². The van der Waals surface area contributed by atoms with Gasteiger partial charge >= 0.3 is 0 Å². The summed E-state index contributed by atoms with van der Waals surface area (Å²) in [7, 11) is 0. The maximum Gasteiger partial charge on any atom is 0.168 e. The number of hydrogen-bond acceptors (Lipinski definition) is 6. The molecule has 2 heterocycles. The molecule has 0 saturated heterocycles. The number of nitrogen functional groups attached to an aromatic ring is 1. The molecule has 22 heavy (non-hydrogen) atoms. The zero-order chi connectivity index (χ0) is 15.5. The highest BCUT2D eigenvalue weighted by atomic mass is 15.3. The average molecular weight is 297 g/mol. The van der Waals surface area contributed by atoms with E-state index in [1.807, 2.05) is 24.3 Å². The van der Waals surface area contributed by atoms with E-state index in [-0.39, 0.29) is 0 Å². The highest BCUT2D eigenvalue weighted by Gasteiger charge is 2.10. The number of hydrogen-bond donors (Lipinski definition) is 3. The predicted molar refractivity (Wildman–Crippen MR) is 87.8 cm³/mol. The van der Waals surface area contributed by atoms with Crippen LogP contribution in [-0.4, -0.2) is 26.3 Å². The van der Waals surface area contributed by atoms with Crippen LogP contribution in [0.15, 0.2) is 36.8 Å². The van der Waals surface area contributed by atoms with Crippen LogP contribution in [0.3, 0.4) is 0 Å². The summed E-state index contributed by atoms with van der Waals surface area (Å²) < 4.78 is 1.78. The van der Waals surface area contributed by atoms with Crippen LogP contribution in [0.2, 0.25) is 0 Å². The first-order chi connectivity index (χ1) is 10.7. The van der Waals surface area contributed by atoms with Gasteiger partial charge in [-0.25, -0.2) is 20.5 Å². The first-order valence-electron chi connectivity index (χ1n) is 7.18. The lowest BCUT2D eigenvalue weighted by Crippen LogP contribution is -2.09. The van der Waals surface area contributed by atoms with E-state index in [2.05, 4.69) is 39.7 Å². The molecule has 0 aliphatic rings. The van der Waals surface area contributed by atoms with E-state index >= 15 is 0 Å². The summed E-state index contributed by atoms with van der Waals surface area (Å²) in [6.45, 7) is 5.28. The van der Waals surface area contributed by atoms with Gasteiger partial charge in [-0.05, 0) is 24.1 Å². The van der Waals surface area contributed by atoms with Crippen molar-refractivity contribution in [3.05, 3.63) is 36.8 Å². The highest BCUT2D eigenvalue weighted by molar-refractivity contribution is 5.86. The Balaban J connectivity index is 1.99. The van der Waals surface area contributed by atoms with Crippen LogP contribution < -0.4 is 16.6 Å². The normalized spacial score (nSPS) is 11.1. The minimum atomic E-state index is 0.560. The van der Waals surface area contributed by atoms with Gasteiger partial charge in [0, 0.05) is 12.2 Å². The van der Waals surface area contributed by atoms with Crippen LogP contribution in [0, 0.1) is 5.92 Å². The molecule has 3 aromatic rings. The molecular formula is C15H19N7. The number of benzene rings is 1. The quantitative estimate of drug-likeness (QED) is 0.493. The second-order valence-electron chi connectivity index (χ2n) is 5.49. The molecule has 114 valence electrons. The average Bonchev–Trinajstić information content (AvgIpc) is 2.97. The molecule has 0 spiro atoms. The standard InChI is InChI=1S/C15H19N7/c1-10(2)7-17-11-4-3-5-12(6-11)22-15-13(8-20-22)14(21-16)18-9-19-15/h3-6,8-10,17H,7,16H2,1-2H3,(H,18,19,21). The molecule has 1 aromatic carbocycles. The Morgan fingerprint density at radius 3 is 2.91 bits per heavy atom. The molecule has 0 radical (unpaired) electrons. The summed E-state index contributed by atoms with van der Waals surface area (Å²) in [5.74, 6) is 6.61. The van der Waals surface area contributed by atoms with Crippen molar-refractivity contribution in [1.29, 1.82) is 0 Å². The zero-order valence-electron chi connectivity index (χ0n) is 12.6. The lowest BCUT2D eigenvalue weighted by molar-refractivity contribution is 0.689. The zero-order valence-corrected chi connectivity index (χ0v) is 12.6. The lowest BCUT2D eigenvalue weighted by Gasteiger charge is -2.10. The van der Waals surface area contributed by atoms with Crippen molar-refractivity contribution in [2.75, 3.05) is 17.3 Å². The molecule has 0 saturated carbocycles. The predicted octanol–water partition coefficient (Wildman–Crippen LogP) is 2.17. The lowest BCUT2D eigenvalue weighted by atomic mass is 10.2. The molecule has 0 aliphatic heterocycles. The number of nitrogens with one attached hydrogen (secondary N) is 2. The molecule has 7 nitrogen and oxygen atoms in total. The van der Waals surface area contributed by atoms with Crippen molar-refractivity contribution < 1.29 is 0 Å². The SMILES string of the molecule is CC(C)CNc1cccc(-n2ncc3c(NN)ncnc32)c1. The first kappa shape index (κ1) is 14.3. The van der Waals surface area contributed by atoms with Gasteiger partial charge in [0.05, 0.1) is 17.3 Å². The van der Waals surface area contributed by atoms with E-state index in [9.17, 15) is 0 Å². The molecule has 0 unspecified atom stereocenters. The number of anilines is 2. The topological polar surface area (TPSA) is 93.7 Å². The molecule has 0 amide bonds. The summed E-state index contributed by atoms with van der Waals surface area (Å²) in [6.07, 6.45) is 3.18. The van der Waals surface area contributed by atoms with E-state index in [0.717, 1.165) is 23.3 Å². The molecule has 4 N–H and O–H groups in total. The first-order valence-corrected chi connectivity index (χ1v) is 7.18. The van der Waals surface area contributed by atoms with Crippen LogP contribution >= 0.6 is 0 Å². The van der Waals surface area contributed by atoms with Gasteiger partial charge in [0.15, 0.2) is 11.5 Å². The number of fused-ring (bicyclic) bond motifs is 1. The van der Waals surface area contributed by atoms with Gasteiger partial charge in [0.2, 0.25) is 0 Å². The van der Waals surface area contributed by atoms with Gasteiger partial charge in [-0.15, -0.1) is 0 Å². The Morgan fingerprint density at radius 1 is 1.27 bits per heavy atom. The Kier molecular flexibility index (Phi) is 3.88. The van der Waals surface area contributed by atoms with Crippen LogP contribution in [-0.2, 0) is 0 Å². The van der Waals surface area contributed by atoms with Crippen LogP contribution in [0.25, 0.3) is 16.7 Å². The highest BCUT2D eigenvalue weighted by Crippen LogP contribution is 2.22. The molecule has 3 rings (SSSR count). The molecule has 7 heteroatoms. The van der Waals surface area contributed by atoms with Gasteiger partial charge < -0.3 is 10.7 Å². The minimum Gasteiger partial charge on any atom is -0.385 e. The number of nitrogens with zero attached hydrogens (tertiary/aromatic N) is 4. The second-order valence-corrected chi connectivity index (χ2v) is 5.49. The molecule has 0 bridgehead atoms. The van der Waals surface area contributed by atoms with E-state index < -0.39 is 0 Å².